The highest BCUT2D eigenvalue weighted by atomic mass is 32.2. The normalized spacial score (nSPS) is 25.2. The fourth-order valence-electron chi connectivity index (χ4n) is 4.58. The molecule has 1 aromatic rings. The van der Waals surface area contributed by atoms with Gasteiger partial charge in [-0.15, -0.1) is 0 Å². The average molecular weight is 390 g/mol. The lowest BCUT2D eigenvalue weighted by molar-refractivity contribution is -0.139. The van der Waals surface area contributed by atoms with Crippen LogP contribution in [0.3, 0.4) is 0 Å². The topological polar surface area (TPSA) is 48.3 Å². The van der Waals surface area contributed by atoms with E-state index in [4.69, 9.17) is 10.00 Å². The van der Waals surface area contributed by atoms with E-state index in [9.17, 15) is 4.39 Å². The molecule has 1 aliphatic carbocycles. The highest BCUT2D eigenvalue weighted by Gasteiger charge is 2.43. The number of nitriles is 1. The second-order valence-electron chi connectivity index (χ2n) is 8.61. The summed E-state index contributed by atoms with van der Waals surface area (Å²) in [5.74, 6) is -0.323. The second kappa shape index (κ2) is 8.08. The first-order chi connectivity index (χ1) is 13.1. The molecule has 0 unspecified atom stereocenters. The van der Waals surface area contributed by atoms with Gasteiger partial charge in [-0.2, -0.15) is 5.26 Å². The molecule has 3 aliphatic heterocycles. The van der Waals surface area contributed by atoms with Crippen molar-refractivity contribution in [3.63, 3.8) is 0 Å². The smallest absolute Gasteiger partial charge is 0.125 e. The van der Waals surface area contributed by atoms with E-state index in [1.807, 2.05) is 6.07 Å². The number of benzene rings is 1. The quantitative estimate of drug-likeness (QED) is 0.776. The minimum absolute atomic E-state index is 0.323. The molecule has 0 aromatic heterocycles. The standard InChI is InChI=1S/C16H19FN2S.C5H9NO/c17-14-9-13(12-18)10-15(11-14)20-19-7-5-16(6-8-19)3-1-2-4-16;1-5(2-6-1)3-7-4-5/h9-11H,1-8H2;6H,1-4H2. The Labute approximate surface area is 165 Å². The molecule has 1 aromatic carbocycles. The summed E-state index contributed by atoms with van der Waals surface area (Å²) in [7, 11) is 0. The maximum Gasteiger partial charge on any atom is 0.125 e. The van der Waals surface area contributed by atoms with E-state index in [0.717, 1.165) is 31.2 Å². The minimum atomic E-state index is -0.323. The summed E-state index contributed by atoms with van der Waals surface area (Å²) in [6.45, 7) is 6.52. The Hall–Kier alpha value is -1.13. The van der Waals surface area contributed by atoms with Gasteiger partial charge in [0.1, 0.15) is 5.82 Å². The molecule has 6 heteroatoms. The van der Waals surface area contributed by atoms with Crippen molar-refractivity contribution < 1.29 is 9.13 Å². The summed E-state index contributed by atoms with van der Waals surface area (Å²) < 4.78 is 20.8. The molecule has 4 aliphatic rings. The summed E-state index contributed by atoms with van der Waals surface area (Å²) in [5.41, 5.74) is 1.62. The molecule has 0 atom stereocenters. The molecule has 3 saturated heterocycles. The lowest BCUT2D eigenvalue weighted by Crippen LogP contribution is -2.64. The van der Waals surface area contributed by atoms with E-state index < -0.39 is 0 Å². The molecule has 3 heterocycles. The molecule has 2 spiro atoms. The highest BCUT2D eigenvalue weighted by molar-refractivity contribution is 7.97. The van der Waals surface area contributed by atoms with Crippen LogP contribution in [0, 0.1) is 28.0 Å². The Morgan fingerprint density at radius 3 is 2.22 bits per heavy atom. The largest absolute Gasteiger partial charge is 0.380 e. The molecule has 4 fully saturated rings. The molecule has 1 saturated carbocycles. The first-order valence-electron chi connectivity index (χ1n) is 10.0. The van der Waals surface area contributed by atoms with E-state index in [-0.39, 0.29) is 5.82 Å². The van der Waals surface area contributed by atoms with Gasteiger partial charge < -0.3 is 10.1 Å². The van der Waals surface area contributed by atoms with Crippen molar-refractivity contribution in [3.8, 4) is 6.07 Å². The van der Waals surface area contributed by atoms with Gasteiger partial charge >= 0.3 is 0 Å². The molecule has 0 bridgehead atoms. The van der Waals surface area contributed by atoms with Crippen molar-refractivity contribution in [2.75, 3.05) is 39.4 Å². The number of ether oxygens (including phenoxy) is 1. The van der Waals surface area contributed by atoms with Gasteiger partial charge in [0.15, 0.2) is 0 Å². The minimum Gasteiger partial charge on any atom is -0.380 e. The van der Waals surface area contributed by atoms with Crippen LogP contribution >= 0.6 is 11.9 Å². The fraction of sp³-hybridized carbons (Fsp3) is 0.667. The third-order valence-electron chi connectivity index (χ3n) is 6.50. The van der Waals surface area contributed by atoms with Gasteiger partial charge in [-0.25, -0.2) is 8.70 Å². The van der Waals surface area contributed by atoms with Crippen LogP contribution in [0.4, 0.5) is 4.39 Å². The monoisotopic (exact) mass is 389 g/mol. The zero-order valence-corrected chi connectivity index (χ0v) is 16.6. The first kappa shape index (κ1) is 19.2. The maximum absolute atomic E-state index is 13.4. The Bertz CT molecular complexity index is 680. The molecular weight excluding hydrogens is 361 g/mol. The highest BCUT2D eigenvalue weighted by Crippen LogP contribution is 2.47. The fourth-order valence-corrected chi connectivity index (χ4v) is 5.59. The Kier molecular flexibility index (Phi) is 5.75. The van der Waals surface area contributed by atoms with Crippen LogP contribution in [0.1, 0.15) is 44.1 Å². The molecule has 0 amide bonds. The van der Waals surface area contributed by atoms with Crippen molar-refractivity contribution in [2.24, 2.45) is 10.8 Å². The summed E-state index contributed by atoms with van der Waals surface area (Å²) >= 11 is 1.59. The lowest BCUT2D eigenvalue weighted by atomic mass is 9.78. The van der Waals surface area contributed by atoms with E-state index in [1.165, 1.54) is 63.7 Å². The van der Waals surface area contributed by atoms with Crippen molar-refractivity contribution in [1.29, 1.82) is 5.26 Å². The van der Waals surface area contributed by atoms with E-state index in [0.29, 0.717) is 16.4 Å². The second-order valence-corrected chi connectivity index (χ2v) is 9.78. The first-order valence-corrected chi connectivity index (χ1v) is 10.8. The van der Waals surface area contributed by atoms with Crippen molar-refractivity contribution in [2.45, 2.75) is 43.4 Å². The summed E-state index contributed by atoms with van der Waals surface area (Å²) in [6.07, 6.45) is 8.10. The van der Waals surface area contributed by atoms with Gasteiger partial charge in [-0.05, 0) is 61.2 Å². The molecule has 0 radical (unpaired) electrons. The van der Waals surface area contributed by atoms with Crippen LogP contribution in [0.15, 0.2) is 23.1 Å². The van der Waals surface area contributed by atoms with Gasteiger partial charge in [0.25, 0.3) is 0 Å². The van der Waals surface area contributed by atoms with E-state index in [1.54, 1.807) is 18.0 Å². The van der Waals surface area contributed by atoms with Crippen LogP contribution in [0.5, 0.6) is 0 Å². The molecular formula is C21H28FN3OS. The third kappa shape index (κ3) is 4.48. The molecule has 146 valence electrons. The predicted molar refractivity (Wildman–Crippen MR) is 105 cm³/mol. The number of rotatable bonds is 2. The SMILES string of the molecule is C1NCC12COC2.N#Cc1cc(F)cc(SN2CCC3(CCCC3)CC2)c1. The van der Waals surface area contributed by atoms with Gasteiger partial charge in [-0.1, -0.05) is 12.8 Å². The summed E-state index contributed by atoms with van der Waals surface area (Å²) in [4.78, 5) is 0.837. The van der Waals surface area contributed by atoms with E-state index >= 15 is 0 Å². The Morgan fingerprint density at radius 2 is 1.74 bits per heavy atom. The van der Waals surface area contributed by atoms with E-state index in [2.05, 4.69) is 9.62 Å². The van der Waals surface area contributed by atoms with Gasteiger partial charge in [0, 0.05) is 36.5 Å². The number of hydrogen-bond acceptors (Lipinski definition) is 5. The van der Waals surface area contributed by atoms with Crippen molar-refractivity contribution in [3.05, 3.63) is 29.6 Å². The number of nitrogens with one attached hydrogen (secondary N) is 1. The zero-order valence-electron chi connectivity index (χ0n) is 15.8. The van der Waals surface area contributed by atoms with Crippen LogP contribution < -0.4 is 5.32 Å². The molecule has 1 N–H and O–H groups in total. The third-order valence-corrected chi connectivity index (χ3v) is 7.57. The van der Waals surface area contributed by atoms with Crippen LogP contribution in [-0.2, 0) is 4.74 Å². The number of hydrogen-bond donors (Lipinski definition) is 1. The zero-order chi connectivity index (χ0) is 18.7. The van der Waals surface area contributed by atoms with Gasteiger partial charge in [0.05, 0.1) is 24.8 Å². The molecule has 4 nitrogen and oxygen atoms in total. The summed E-state index contributed by atoms with van der Waals surface area (Å²) in [5, 5.41) is 12.1. The molecule has 27 heavy (non-hydrogen) atoms. The van der Waals surface area contributed by atoms with Gasteiger partial charge in [0.2, 0.25) is 0 Å². The summed E-state index contributed by atoms with van der Waals surface area (Å²) in [6, 6.07) is 6.59. The number of halogens is 1. The van der Waals surface area contributed by atoms with Crippen LogP contribution in [0.25, 0.3) is 0 Å². The average Bonchev–Trinajstić information content (AvgIpc) is 3.03. The van der Waals surface area contributed by atoms with Crippen LogP contribution in [-0.4, -0.2) is 43.7 Å². The predicted octanol–water partition coefficient (Wildman–Crippen LogP) is 3.97. The van der Waals surface area contributed by atoms with Crippen molar-refractivity contribution in [1.82, 2.24) is 9.62 Å². The Balaban J connectivity index is 0.000000213. The maximum atomic E-state index is 13.4. The Morgan fingerprint density at radius 1 is 1.04 bits per heavy atom. The van der Waals surface area contributed by atoms with Crippen molar-refractivity contribution >= 4 is 11.9 Å². The lowest BCUT2D eigenvalue weighted by Gasteiger charge is -2.48. The number of nitrogens with zero attached hydrogens (tertiary/aromatic N) is 2. The molecule has 5 rings (SSSR count). The number of piperidine rings is 1. The van der Waals surface area contributed by atoms with Crippen LogP contribution in [0.2, 0.25) is 0 Å². The van der Waals surface area contributed by atoms with Gasteiger partial charge in [-0.3, -0.25) is 0 Å².